The first-order chi connectivity index (χ1) is 12.8. The predicted molar refractivity (Wildman–Crippen MR) is 103 cm³/mol. The molecule has 0 radical (unpaired) electrons. The maximum Gasteiger partial charge on any atom is 0.302 e. The number of rotatable bonds is 12. The first-order valence-electron chi connectivity index (χ1n) is 9.42. The zero-order valence-corrected chi connectivity index (χ0v) is 16.6. The van der Waals surface area contributed by atoms with Crippen molar-refractivity contribution < 1.29 is 23.9 Å². The highest BCUT2D eigenvalue weighted by atomic mass is 16.5. The summed E-state index contributed by atoms with van der Waals surface area (Å²) in [6, 6.07) is 10.3. The number of carbonyl (C=O) groups is 3. The fraction of sp³-hybridized carbons (Fsp3) is 0.571. The first kappa shape index (κ1) is 22.7. The summed E-state index contributed by atoms with van der Waals surface area (Å²) < 4.78 is 10.3. The van der Waals surface area contributed by atoms with Gasteiger partial charge >= 0.3 is 11.9 Å². The van der Waals surface area contributed by atoms with E-state index in [-0.39, 0.29) is 19.1 Å². The van der Waals surface area contributed by atoms with Crippen LogP contribution in [0.4, 0.5) is 0 Å². The highest BCUT2D eigenvalue weighted by molar-refractivity contribution is 5.74. The molecule has 1 aromatic carbocycles. The molecular weight excluding hydrogens is 346 g/mol. The van der Waals surface area contributed by atoms with Crippen LogP contribution >= 0.6 is 0 Å². The van der Waals surface area contributed by atoms with Crippen LogP contribution in [0.5, 0.6) is 0 Å². The van der Waals surface area contributed by atoms with Crippen LogP contribution in [0.2, 0.25) is 0 Å². The third-order valence-electron chi connectivity index (χ3n) is 4.26. The van der Waals surface area contributed by atoms with E-state index < -0.39 is 17.5 Å². The molecule has 1 rings (SSSR count). The topological polar surface area (TPSA) is 81.7 Å². The summed E-state index contributed by atoms with van der Waals surface area (Å²) >= 11 is 0. The molecule has 0 fully saturated rings. The maximum absolute atomic E-state index is 11.6. The number of aryl methyl sites for hydroxylation is 1. The van der Waals surface area contributed by atoms with Crippen molar-refractivity contribution in [1.29, 1.82) is 0 Å². The standard InChI is InChI=1S/C21H31NO5/c1-17(23)22-21(15-26-18(2)24,16-27-19(3)25)14-10-5-4-7-11-20-12-8-6-9-13-20/h6,8-9,12-13H,4-5,7,10-11,14-16H2,1-3H3,(H,22,23). The SMILES string of the molecule is CC(=O)NC(CCCCCCc1ccccc1)(COC(C)=O)COC(C)=O. The van der Waals surface area contributed by atoms with Crippen LogP contribution in [0.25, 0.3) is 0 Å². The molecular formula is C21H31NO5. The van der Waals surface area contributed by atoms with E-state index in [4.69, 9.17) is 9.47 Å². The van der Waals surface area contributed by atoms with E-state index in [1.54, 1.807) is 0 Å². The molecule has 0 atom stereocenters. The van der Waals surface area contributed by atoms with Crippen molar-refractivity contribution in [2.24, 2.45) is 0 Å². The van der Waals surface area contributed by atoms with Gasteiger partial charge in [0.15, 0.2) is 0 Å². The number of carbonyl (C=O) groups excluding carboxylic acids is 3. The summed E-state index contributed by atoms with van der Waals surface area (Å²) in [6.45, 7) is 4.00. The summed E-state index contributed by atoms with van der Waals surface area (Å²) in [5.74, 6) is -1.12. The highest BCUT2D eigenvalue weighted by Gasteiger charge is 2.33. The lowest BCUT2D eigenvalue weighted by atomic mass is 9.92. The summed E-state index contributed by atoms with van der Waals surface area (Å²) in [5, 5.41) is 2.83. The van der Waals surface area contributed by atoms with E-state index in [0.29, 0.717) is 6.42 Å². The number of ether oxygens (including phenoxy) is 2. The van der Waals surface area contributed by atoms with Crippen LogP contribution in [0.1, 0.15) is 58.4 Å². The number of hydrogen-bond donors (Lipinski definition) is 1. The van der Waals surface area contributed by atoms with Gasteiger partial charge in [-0.15, -0.1) is 0 Å². The molecule has 6 heteroatoms. The molecule has 0 spiro atoms. The van der Waals surface area contributed by atoms with Gasteiger partial charge in [-0.05, 0) is 24.8 Å². The fourth-order valence-corrected chi connectivity index (χ4v) is 2.96. The predicted octanol–water partition coefficient (Wildman–Crippen LogP) is 3.18. The molecule has 0 aliphatic carbocycles. The van der Waals surface area contributed by atoms with Gasteiger partial charge in [-0.25, -0.2) is 0 Å². The molecule has 0 saturated carbocycles. The average molecular weight is 377 g/mol. The molecule has 0 aliphatic rings. The fourth-order valence-electron chi connectivity index (χ4n) is 2.96. The second-order valence-corrected chi connectivity index (χ2v) is 6.92. The van der Waals surface area contributed by atoms with E-state index >= 15 is 0 Å². The molecule has 6 nitrogen and oxygen atoms in total. The van der Waals surface area contributed by atoms with Crippen molar-refractivity contribution in [2.45, 2.75) is 64.8 Å². The molecule has 150 valence electrons. The Kier molecular flexibility index (Phi) is 10.2. The number of unbranched alkanes of at least 4 members (excludes halogenated alkanes) is 3. The molecule has 0 aromatic heterocycles. The molecule has 1 N–H and O–H groups in total. The van der Waals surface area contributed by atoms with Gasteiger partial charge < -0.3 is 14.8 Å². The highest BCUT2D eigenvalue weighted by Crippen LogP contribution is 2.19. The van der Waals surface area contributed by atoms with Crippen LogP contribution < -0.4 is 5.32 Å². The lowest BCUT2D eigenvalue weighted by Crippen LogP contribution is -2.55. The van der Waals surface area contributed by atoms with E-state index in [9.17, 15) is 14.4 Å². The van der Waals surface area contributed by atoms with Gasteiger partial charge in [-0.1, -0.05) is 49.6 Å². The number of benzene rings is 1. The van der Waals surface area contributed by atoms with Crippen molar-refractivity contribution in [3.63, 3.8) is 0 Å². The van der Waals surface area contributed by atoms with Crippen LogP contribution in [-0.4, -0.2) is 36.6 Å². The van der Waals surface area contributed by atoms with Gasteiger partial charge in [0.2, 0.25) is 5.91 Å². The summed E-state index contributed by atoms with van der Waals surface area (Å²) in [4.78, 5) is 34.1. The van der Waals surface area contributed by atoms with Gasteiger partial charge in [0.25, 0.3) is 0 Å². The maximum atomic E-state index is 11.6. The van der Waals surface area contributed by atoms with Crippen LogP contribution in [-0.2, 0) is 30.3 Å². The second kappa shape index (κ2) is 12.1. The molecule has 27 heavy (non-hydrogen) atoms. The molecule has 0 saturated heterocycles. The molecule has 0 aliphatic heterocycles. The largest absolute Gasteiger partial charge is 0.463 e. The summed E-state index contributed by atoms with van der Waals surface area (Å²) in [6.07, 6.45) is 5.57. The van der Waals surface area contributed by atoms with Crippen LogP contribution in [0.15, 0.2) is 30.3 Å². The van der Waals surface area contributed by atoms with E-state index in [2.05, 4.69) is 17.4 Å². The van der Waals surface area contributed by atoms with Crippen molar-refractivity contribution in [1.82, 2.24) is 5.32 Å². The Balaban J connectivity index is 2.52. The lowest BCUT2D eigenvalue weighted by molar-refractivity contribution is -0.150. The minimum Gasteiger partial charge on any atom is -0.463 e. The Bertz CT molecular complexity index is 582. The zero-order chi connectivity index (χ0) is 20.1. The number of nitrogens with one attached hydrogen (secondary N) is 1. The molecule has 0 bridgehead atoms. The quantitative estimate of drug-likeness (QED) is 0.447. The van der Waals surface area contributed by atoms with Crippen molar-refractivity contribution in [2.75, 3.05) is 13.2 Å². The normalized spacial score (nSPS) is 10.9. The zero-order valence-electron chi connectivity index (χ0n) is 16.6. The third-order valence-corrected chi connectivity index (χ3v) is 4.26. The average Bonchev–Trinajstić information content (AvgIpc) is 2.61. The third kappa shape index (κ3) is 10.4. The van der Waals surface area contributed by atoms with Gasteiger partial charge in [0, 0.05) is 20.8 Å². The Morgan fingerprint density at radius 2 is 1.41 bits per heavy atom. The van der Waals surface area contributed by atoms with Crippen molar-refractivity contribution >= 4 is 17.8 Å². The molecule has 0 heterocycles. The minimum atomic E-state index is -0.886. The monoisotopic (exact) mass is 377 g/mol. The molecule has 1 aromatic rings. The van der Waals surface area contributed by atoms with Gasteiger partial charge in [0.05, 0.1) is 0 Å². The van der Waals surface area contributed by atoms with E-state index in [0.717, 1.165) is 32.1 Å². The van der Waals surface area contributed by atoms with Crippen LogP contribution in [0, 0.1) is 0 Å². The lowest BCUT2D eigenvalue weighted by Gasteiger charge is -2.33. The number of amides is 1. The van der Waals surface area contributed by atoms with Gasteiger partial charge in [0.1, 0.15) is 18.8 Å². The Labute approximate surface area is 161 Å². The van der Waals surface area contributed by atoms with Crippen LogP contribution in [0.3, 0.4) is 0 Å². The summed E-state index contributed by atoms with van der Waals surface area (Å²) in [7, 11) is 0. The Morgan fingerprint density at radius 1 is 0.852 bits per heavy atom. The molecule has 1 amide bonds. The van der Waals surface area contributed by atoms with E-state index in [1.165, 1.54) is 26.3 Å². The van der Waals surface area contributed by atoms with Crippen molar-refractivity contribution in [3.05, 3.63) is 35.9 Å². The number of hydrogen-bond acceptors (Lipinski definition) is 5. The van der Waals surface area contributed by atoms with E-state index in [1.807, 2.05) is 18.2 Å². The second-order valence-electron chi connectivity index (χ2n) is 6.92. The van der Waals surface area contributed by atoms with Crippen molar-refractivity contribution in [3.8, 4) is 0 Å². The Morgan fingerprint density at radius 3 is 1.93 bits per heavy atom. The number of esters is 2. The van der Waals surface area contributed by atoms with Gasteiger partial charge in [-0.3, -0.25) is 14.4 Å². The molecule has 0 unspecified atom stereocenters. The Hall–Kier alpha value is -2.37. The smallest absolute Gasteiger partial charge is 0.302 e. The first-order valence-corrected chi connectivity index (χ1v) is 9.42. The minimum absolute atomic E-state index is 0.0147. The van der Waals surface area contributed by atoms with Gasteiger partial charge in [-0.2, -0.15) is 0 Å². The summed E-state index contributed by atoms with van der Waals surface area (Å²) in [5.41, 5.74) is 0.442.